The van der Waals surface area contributed by atoms with E-state index in [9.17, 15) is 14.0 Å². The molecule has 0 aliphatic rings. The van der Waals surface area contributed by atoms with Crippen LogP contribution in [0.25, 0.3) is 11.6 Å². The van der Waals surface area contributed by atoms with Gasteiger partial charge in [0.2, 0.25) is 5.91 Å². The number of hydrogen-bond acceptors (Lipinski definition) is 3. The molecule has 0 aliphatic carbocycles. The van der Waals surface area contributed by atoms with Crippen LogP contribution in [0.5, 0.6) is 5.75 Å². The van der Waals surface area contributed by atoms with Gasteiger partial charge in [0.25, 0.3) is 5.91 Å². The molecule has 0 radical (unpaired) electrons. The van der Waals surface area contributed by atoms with Crippen molar-refractivity contribution in [2.45, 2.75) is 6.92 Å². The van der Waals surface area contributed by atoms with E-state index in [0.29, 0.717) is 22.6 Å². The zero-order chi connectivity index (χ0) is 21.5. The summed E-state index contributed by atoms with van der Waals surface area (Å²) in [7, 11) is 1.57. The summed E-state index contributed by atoms with van der Waals surface area (Å²) in [6, 6.07) is 20.6. The van der Waals surface area contributed by atoms with Gasteiger partial charge in [-0.15, -0.1) is 0 Å². The van der Waals surface area contributed by atoms with Crippen LogP contribution < -0.4 is 15.4 Å². The Morgan fingerprint density at radius 3 is 2.33 bits per heavy atom. The summed E-state index contributed by atoms with van der Waals surface area (Å²) in [5.74, 6) is -0.740. The van der Waals surface area contributed by atoms with Crippen LogP contribution in [0.3, 0.4) is 0 Å². The number of benzene rings is 3. The Balaban J connectivity index is 1.98. The first-order chi connectivity index (χ1) is 14.5. The fourth-order valence-corrected chi connectivity index (χ4v) is 2.93. The van der Waals surface area contributed by atoms with Crippen LogP contribution in [0.15, 0.2) is 72.8 Å². The van der Waals surface area contributed by atoms with Crippen LogP contribution in [0.1, 0.15) is 18.1 Å². The number of anilines is 2. The molecule has 0 heterocycles. The van der Waals surface area contributed by atoms with Gasteiger partial charge in [-0.05, 0) is 35.9 Å². The highest BCUT2D eigenvalue weighted by atomic mass is 19.1. The lowest BCUT2D eigenvalue weighted by molar-refractivity contribution is -0.114. The van der Waals surface area contributed by atoms with Crippen molar-refractivity contribution < 1.29 is 18.7 Å². The lowest BCUT2D eigenvalue weighted by atomic mass is 10.0. The average Bonchev–Trinajstić information content (AvgIpc) is 2.74. The maximum atomic E-state index is 13.9. The predicted octanol–water partition coefficient (Wildman–Crippen LogP) is 4.97. The highest BCUT2D eigenvalue weighted by Crippen LogP contribution is 2.26. The fourth-order valence-electron chi connectivity index (χ4n) is 2.93. The molecule has 0 fully saturated rings. The number of methoxy groups -OCH3 is 1. The molecule has 0 saturated carbocycles. The molecule has 3 aromatic rings. The first kappa shape index (κ1) is 20.8. The van der Waals surface area contributed by atoms with Crippen molar-refractivity contribution in [2.24, 2.45) is 0 Å². The van der Waals surface area contributed by atoms with Crippen molar-refractivity contribution in [1.82, 2.24) is 0 Å². The number of rotatable bonds is 6. The molecule has 0 aliphatic heterocycles. The predicted molar refractivity (Wildman–Crippen MR) is 117 cm³/mol. The molecular weight excluding hydrogens is 383 g/mol. The van der Waals surface area contributed by atoms with Crippen LogP contribution in [0, 0.1) is 5.82 Å². The van der Waals surface area contributed by atoms with E-state index in [1.807, 2.05) is 54.6 Å². The second-order valence-corrected chi connectivity index (χ2v) is 6.50. The van der Waals surface area contributed by atoms with E-state index in [-0.39, 0.29) is 11.6 Å². The van der Waals surface area contributed by atoms with E-state index in [1.165, 1.54) is 25.1 Å². The van der Waals surface area contributed by atoms with Gasteiger partial charge in [0.05, 0.1) is 12.8 Å². The molecule has 0 aromatic heterocycles. The molecule has 0 unspecified atom stereocenters. The molecule has 0 saturated heterocycles. The van der Waals surface area contributed by atoms with E-state index >= 15 is 0 Å². The molecule has 3 rings (SSSR count). The number of carbonyl (C=O) groups excluding carboxylic acids is 2. The third-order valence-electron chi connectivity index (χ3n) is 4.30. The monoisotopic (exact) mass is 404 g/mol. The minimum atomic E-state index is -0.587. The van der Waals surface area contributed by atoms with Gasteiger partial charge in [-0.2, -0.15) is 0 Å². The quantitative estimate of drug-likeness (QED) is 0.450. The maximum absolute atomic E-state index is 13.9. The summed E-state index contributed by atoms with van der Waals surface area (Å²) in [5, 5.41) is 5.18. The first-order valence-corrected chi connectivity index (χ1v) is 9.26. The van der Waals surface area contributed by atoms with Gasteiger partial charge in [-0.3, -0.25) is 9.59 Å². The lowest BCUT2D eigenvalue weighted by Crippen LogP contribution is -2.14. The summed E-state index contributed by atoms with van der Waals surface area (Å²) in [4.78, 5) is 24.4. The van der Waals surface area contributed by atoms with Crippen molar-refractivity contribution in [3.8, 4) is 5.75 Å². The van der Waals surface area contributed by atoms with E-state index in [0.717, 1.165) is 5.56 Å². The number of nitrogens with one attached hydrogen (secondary N) is 2. The minimum absolute atomic E-state index is 0.00438. The second-order valence-electron chi connectivity index (χ2n) is 6.50. The van der Waals surface area contributed by atoms with E-state index in [1.54, 1.807) is 13.2 Å². The number of amides is 2. The topological polar surface area (TPSA) is 67.4 Å². The third kappa shape index (κ3) is 5.11. The van der Waals surface area contributed by atoms with Gasteiger partial charge in [-0.1, -0.05) is 48.5 Å². The van der Waals surface area contributed by atoms with Gasteiger partial charge in [-0.25, -0.2) is 4.39 Å². The summed E-state index contributed by atoms with van der Waals surface area (Å²) < 4.78 is 19.3. The Morgan fingerprint density at radius 1 is 0.933 bits per heavy atom. The second kappa shape index (κ2) is 9.52. The maximum Gasteiger partial charge on any atom is 0.256 e. The average molecular weight is 404 g/mol. The fraction of sp³-hybridized carbons (Fsp3) is 0.0833. The number of ether oxygens (including phenoxy) is 1. The molecule has 0 spiro atoms. The molecule has 5 nitrogen and oxygen atoms in total. The normalized spacial score (nSPS) is 11.0. The van der Waals surface area contributed by atoms with Crippen molar-refractivity contribution in [2.75, 3.05) is 17.7 Å². The summed E-state index contributed by atoms with van der Waals surface area (Å²) in [5.41, 5.74) is 2.21. The van der Waals surface area contributed by atoms with Crippen LogP contribution in [-0.4, -0.2) is 18.9 Å². The Hall–Kier alpha value is -3.93. The van der Waals surface area contributed by atoms with Gasteiger partial charge in [0.15, 0.2) is 0 Å². The summed E-state index contributed by atoms with van der Waals surface area (Å²) in [6.45, 7) is 1.29. The minimum Gasteiger partial charge on any atom is -0.496 e. The molecule has 0 atom stereocenters. The van der Waals surface area contributed by atoms with Crippen LogP contribution in [0.4, 0.5) is 15.8 Å². The number of carbonyl (C=O) groups is 2. The Bertz CT molecular complexity index is 1090. The summed E-state index contributed by atoms with van der Waals surface area (Å²) >= 11 is 0. The molecule has 152 valence electrons. The molecular formula is C24H21FN2O3. The standard InChI is InChI=1S/C24H21FN2O3/c1-16(28)26-22-15-19(12-13-21(22)25)27-24(29)20(17-8-4-3-5-9-17)14-18-10-6-7-11-23(18)30-2/h3-15H,1-2H3,(H,26,28)(H,27,29)/b20-14+. The summed E-state index contributed by atoms with van der Waals surface area (Å²) in [6.07, 6.45) is 1.74. The van der Waals surface area contributed by atoms with Crippen molar-refractivity contribution in [3.05, 3.63) is 89.7 Å². The molecule has 2 N–H and O–H groups in total. The highest BCUT2D eigenvalue weighted by molar-refractivity contribution is 6.29. The Kier molecular flexibility index (Phi) is 6.60. The largest absolute Gasteiger partial charge is 0.496 e. The molecule has 6 heteroatoms. The molecule has 2 amide bonds. The van der Waals surface area contributed by atoms with Gasteiger partial charge < -0.3 is 15.4 Å². The van der Waals surface area contributed by atoms with Crippen molar-refractivity contribution in [3.63, 3.8) is 0 Å². The molecule has 3 aromatic carbocycles. The SMILES string of the molecule is COc1ccccc1/C=C(/C(=O)Nc1ccc(F)c(NC(C)=O)c1)c1ccccc1. The van der Waals surface area contributed by atoms with E-state index < -0.39 is 11.7 Å². The van der Waals surface area contributed by atoms with Crippen LogP contribution >= 0.6 is 0 Å². The number of halogens is 1. The van der Waals surface area contributed by atoms with Crippen LogP contribution in [0.2, 0.25) is 0 Å². The highest BCUT2D eigenvalue weighted by Gasteiger charge is 2.15. The Labute approximate surface area is 174 Å². The zero-order valence-electron chi connectivity index (χ0n) is 16.6. The van der Waals surface area contributed by atoms with Crippen molar-refractivity contribution in [1.29, 1.82) is 0 Å². The van der Waals surface area contributed by atoms with Crippen LogP contribution in [-0.2, 0) is 9.59 Å². The number of hydrogen-bond donors (Lipinski definition) is 2. The number of para-hydroxylation sites is 1. The van der Waals surface area contributed by atoms with Gasteiger partial charge in [0.1, 0.15) is 11.6 Å². The molecule has 30 heavy (non-hydrogen) atoms. The van der Waals surface area contributed by atoms with Gasteiger partial charge >= 0.3 is 0 Å². The van der Waals surface area contributed by atoms with E-state index in [4.69, 9.17) is 4.74 Å². The van der Waals surface area contributed by atoms with Gasteiger partial charge in [0, 0.05) is 23.7 Å². The zero-order valence-corrected chi connectivity index (χ0v) is 16.6. The third-order valence-corrected chi connectivity index (χ3v) is 4.30. The lowest BCUT2D eigenvalue weighted by Gasteiger charge is -2.12. The van der Waals surface area contributed by atoms with Crippen molar-refractivity contribution >= 4 is 34.8 Å². The van der Waals surface area contributed by atoms with E-state index in [2.05, 4.69) is 10.6 Å². The first-order valence-electron chi connectivity index (χ1n) is 9.26. The smallest absolute Gasteiger partial charge is 0.256 e. The Morgan fingerprint density at radius 2 is 1.63 bits per heavy atom. The molecule has 0 bridgehead atoms.